The number of esters is 1. The van der Waals surface area contributed by atoms with Gasteiger partial charge in [-0.2, -0.15) is 11.3 Å². The topological polar surface area (TPSA) is 26.3 Å². The molecule has 100 valence electrons. The highest BCUT2D eigenvalue weighted by molar-refractivity contribution is 7.08. The largest absolute Gasteiger partial charge is 0.462 e. The Morgan fingerprint density at radius 2 is 1.89 bits per heavy atom. The molecule has 1 heterocycles. The lowest BCUT2D eigenvalue weighted by atomic mass is 9.98. The molecule has 19 heavy (non-hydrogen) atoms. The molecule has 0 saturated carbocycles. The first-order chi connectivity index (χ1) is 9.13. The van der Waals surface area contributed by atoms with Crippen molar-refractivity contribution in [3.05, 3.63) is 46.2 Å². The number of thiophene rings is 1. The van der Waals surface area contributed by atoms with Gasteiger partial charge in [0.25, 0.3) is 0 Å². The monoisotopic (exact) mass is 274 g/mol. The zero-order valence-corrected chi connectivity index (χ0v) is 12.3. The highest BCUT2D eigenvalue weighted by atomic mass is 32.1. The van der Waals surface area contributed by atoms with Gasteiger partial charge in [0.1, 0.15) is 0 Å². The van der Waals surface area contributed by atoms with Gasteiger partial charge in [-0.3, -0.25) is 0 Å². The summed E-state index contributed by atoms with van der Waals surface area (Å²) in [4.78, 5) is 11.9. The number of carbonyl (C=O) groups excluding carboxylic acids is 1. The number of ether oxygens (including phenoxy) is 1. The summed E-state index contributed by atoms with van der Waals surface area (Å²) in [7, 11) is 0. The maximum absolute atomic E-state index is 11.9. The quantitative estimate of drug-likeness (QED) is 0.754. The molecule has 0 aliphatic heterocycles. The first-order valence-corrected chi connectivity index (χ1v) is 7.41. The van der Waals surface area contributed by atoms with Crippen molar-refractivity contribution < 1.29 is 9.53 Å². The molecule has 0 spiro atoms. The minimum absolute atomic E-state index is 0.244. The Hall–Kier alpha value is -1.61. The number of hydrogen-bond donors (Lipinski definition) is 0. The lowest BCUT2D eigenvalue weighted by Crippen LogP contribution is -2.04. The standard InChI is InChI=1S/C16H18O2S/c1-4-18-16(17)15-10-19-9-14(15)13-7-5-12(6-8-13)11(2)3/h5-11H,4H2,1-3H3. The van der Waals surface area contributed by atoms with E-state index in [0.717, 1.165) is 11.1 Å². The Balaban J connectivity index is 2.32. The van der Waals surface area contributed by atoms with Gasteiger partial charge in [0, 0.05) is 10.9 Å². The van der Waals surface area contributed by atoms with Crippen molar-refractivity contribution in [1.82, 2.24) is 0 Å². The van der Waals surface area contributed by atoms with Crippen molar-refractivity contribution in [2.75, 3.05) is 6.61 Å². The van der Waals surface area contributed by atoms with E-state index in [1.807, 2.05) is 17.7 Å². The third-order valence-corrected chi connectivity index (χ3v) is 3.79. The van der Waals surface area contributed by atoms with Crippen LogP contribution in [0, 0.1) is 0 Å². The molecule has 1 aromatic carbocycles. The fourth-order valence-electron chi connectivity index (χ4n) is 1.94. The molecule has 3 heteroatoms. The molecule has 0 saturated heterocycles. The van der Waals surface area contributed by atoms with Crippen molar-refractivity contribution in [2.24, 2.45) is 0 Å². The second kappa shape index (κ2) is 6.02. The molecule has 0 atom stereocenters. The van der Waals surface area contributed by atoms with E-state index in [0.29, 0.717) is 18.1 Å². The van der Waals surface area contributed by atoms with E-state index in [2.05, 4.69) is 38.1 Å². The van der Waals surface area contributed by atoms with Gasteiger partial charge in [0.05, 0.1) is 12.2 Å². The molecule has 0 radical (unpaired) electrons. The van der Waals surface area contributed by atoms with Gasteiger partial charge >= 0.3 is 5.97 Å². The fourth-order valence-corrected chi connectivity index (χ4v) is 2.76. The molecule has 0 bridgehead atoms. The van der Waals surface area contributed by atoms with E-state index in [1.54, 1.807) is 0 Å². The van der Waals surface area contributed by atoms with Crippen LogP contribution in [0.2, 0.25) is 0 Å². The molecule has 0 amide bonds. The molecule has 0 aliphatic rings. The summed E-state index contributed by atoms with van der Waals surface area (Å²) in [6.45, 7) is 6.56. The van der Waals surface area contributed by atoms with Crippen LogP contribution in [0.25, 0.3) is 11.1 Å². The highest BCUT2D eigenvalue weighted by Crippen LogP contribution is 2.29. The van der Waals surface area contributed by atoms with Crippen molar-refractivity contribution >= 4 is 17.3 Å². The van der Waals surface area contributed by atoms with Crippen molar-refractivity contribution in [1.29, 1.82) is 0 Å². The lowest BCUT2D eigenvalue weighted by molar-refractivity contribution is 0.0528. The van der Waals surface area contributed by atoms with Crippen molar-refractivity contribution in [2.45, 2.75) is 26.7 Å². The van der Waals surface area contributed by atoms with Crippen LogP contribution in [0.4, 0.5) is 0 Å². The average molecular weight is 274 g/mol. The third kappa shape index (κ3) is 3.04. The normalized spacial score (nSPS) is 10.7. The molecule has 2 rings (SSSR count). The summed E-state index contributed by atoms with van der Waals surface area (Å²) in [6, 6.07) is 8.37. The predicted molar refractivity (Wildman–Crippen MR) is 79.8 cm³/mol. The number of rotatable bonds is 4. The summed E-state index contributed by atoms with van der Waals surface area (Å²) in [5.41, 5.74) is 3.98. The van der Waals surface area contributed by atoms with Gasteiger partial charge in [0.2, 0.25) is 0 Å². The minimum atomic E-state index is -0.244. The summed E-state index contributed by atoms with van der Waals surface area (Å²) in [5, 5.41) is 3.85. The Kier molecular flexibility index (Phi) is 4.38. The Morgan fingerprint density at radius 1 is 1.21 bits per heavy atom. The Labute approximate surface area is 118 Å². The first kappa shape index (κ1) is 13.8. The van der Waals surface area contributed by atoms with E-state index >= 15 is 0 Å². The van der Waals surface area contributed by atoms with Crippen molar-refractivity contribution in [3.63, 3.8) is 0 Å². The van der Waals surface area contributed by atoms with Crippen LogP contribution in [0.15, 0.2) is 35.0 Å². The molecule has 1 aromatic heterocycles. The van der Waals surface area contributed by atoms with Crippen molar-refractivity contribution in [3.8, 4) is 11.1 Å². The summed E-state index contributed by atoms with van der Waals surface area (Å²) >= 11 is 1.52. The first-order valence-electron chi connectivity index (χ1n) is 6.47. The van der Waals surface area contributed by atoms with E-state index < -0.39 is 0 Å². The molecular formula is C16H18O2S. The lowest BCUT2D eigenvalue weighted by Gasteiger charge is -2.07. The van der Waals surface area contributed by atoms with Crippen LogP contribution >= 0.6 is 11.3 Å². The zero-order chi connectivity index (χ0) is 13.8. The summed E-state index contributed by atoms with van der Waals surface area (Å²) < 4.78 is 5.08. The zero-order valence-electron chi connectivity index (χ0n) is 11.5. The van der Waals surface area contributed by atoms with E-state index in [9.17, 15) is 4.79 Å². The van der Waals surface area contributed by atoms with E-state index in [4.69, 9.17) is 4.74 Å². The summed E-state index contributed by atoms with van der Waals surface area (Å²) in [6.07, 6.45) is 0. The Morgan fingerprint density at radius 3 is 2.47 bits per heavy atom. The van der Waals surface area contributed by atoms with Gasteiger partial charge in [-0.15, -0.1) is 0 Å². The molecule has 0 fully saturated rings. The number of hydrogen-bond acceptors (Lipinski definition) is 3. The van der Waals surface area contributed by atoms with Crippen LogP contribution in [-0.2, 0) is 4.74 Å². The van der Waals surface area contributed by atoms with Crippen LogP contribution in [0.5, 0.6) is 0 Å². The second-order valence-electron chi connectivity index (χ2n) is 4.70. The van der Waals surface area contributed by atoms with Gasteiger partial charge in [-0.1, -0.05) is 38.1 Å². The SMILES string of the molecule is CCOC(=O)c1cscc1-c1ccc(C(C)C)cc1. The van der Waals surface area contributed by atoms with Crippen LogP contribution in [-0.4, -0.2) is 12.6 Å². The van der Waals surface area contributed by atoms with E-state index in [-0.39, 0.29) is 5.97 Å². The van der Waals surface area contributed by atoms with Gasteiger partial charge in [-0.05, 0) is 29.3 Å². The molecule has 0 aliphatic carbocycles. The molecule has 2 aromatic rings. The van der Waals surface area contributed by atoms with Gasteiger partial charge in [0.15, 0.2) is 0 Å². The third-order valence-electron chi connectivity index (χ3n) is 3.05. The van der Waals surface area contributed by atoms with E-state index in [1.165, 1.54) is 16.9 Å². The molecular weight excluding hydrogens is 256 g/mol. The van der Waals surface area contributed by atoms with Crippen LogP contribution < -0.4 is 0 Å². The molecule has 0 unspecified atom stereocenters. The van der Waals surface area contributed by atoms with Gasteiger partial charge in [-0.25, -0.2) is 4.79 Å². The Bertz CT molecular complexity index is 552. The average Bonchev–Trinajstić information content (AvgIpc) is 2.88. The maximum Gasteiger partial charge on any atom is 0.339 e. The fraction of sp³-hybridized carbons (Fsp3) is 0.312. The minimum Gasteiger partial charge on any atom is -0.462 e. The number of carbonyl (C=O) groups is 1. The molecule has 0 N–H and O–H groups in total. The van der Waals surface area contributed by atoms with Gasteiger partial charge < -0.3 is 4.74 Å². The maximum atomic E-state index is 11.9. The number of benzene rings is 1. The highest BCUT2D eigenvalue weighted by Gasteiger charge is 2.15. The van der Waals surface area contributed by atoms with Crippen LogP contribution in [0.3, 0.4) is 0 Å². The smallest absolute Gasteiger partial charge is 0.339 e. The van der Waals surface area contributed by atoms with Crippen LogP contribution in [0.1, 0.15) is 42.6 Å². The predicted octanol–water partition coefficient (Wildman–Crippen LogP) is 4.72. The molecule has 2 nitrogen and oxygen atoms in total. The second-order valence-corrected chi connectivity index (χ2v) is 5.44. The summed E-state index contributed by atoms with van der Waals surface area (Å²) in [5.74, 6) is 0.271.